The Kier molecular flexibility index (Phi) is 5.76. The molecule has 0 amide bonds. The third-order valence-corrected chi connectivity index (χ3v) is 5.73. The minimum absolute atomic E-state index is 0.0437. The first-order chi connectivity index (χ1) is 12.1. The molecule has 1 aliphatic rings. The van der Waals surface area contributed by atoms with Gasteiger partial charge in [0, 0.05) is 15.5 Å². The molecule has 0 saturated heterocycles. The number of carbonyl (C=O) groups is 2. The van der Waals surface area contributed by atoms with Crippen LogP contribution in [0.1, 0.15) is 50.9 Å². The molecule has 0 spiro atoms. The van der Waals surface area contributed by atoms with Gasteiger partial charge in [0.1, 0.15) is 5.00 Å². The third kappa shape index (κ3) is 4.05. The lowest BCUT2D eigenvalue weighted by molar-refractivity contribution is 0.0526. The van der Waals surface area contributed by atoms with E-state index in [2.05, 4.69) is 5.32 Å². The fraction of sp³-hybridized carbons (Fsp3) is 0.368. The average molecular weight is 378 g/mol. The molecule has 3 rings (SSSR count). The van der Waals surface area contributed by atoms with Gasteiger partial charge < -0.3 is 10.1 Å². The second kappa shape index (κ2) is 8.02. The Bertz CT molecular complexity index is 783. The van der Waals surface area contributed by atoms with Crippen molar-refractivity contribution < 1.29 is 14.3 Å². The van der Waals surface area contributed by atoms with Crippen LogP contribution in [0.15, 0.2) is 24.3 Å². The summed E-state index contributed by atoms with van der Waals surface area (Å²) in [6.07, 6.45) is 4.10. The van der Waals surface area contributed by atoms with Gasteiger partial charge in [-0.2, -0.15) is 0 Å². The number of nitrogens with one attached hydrogen (secondary N) is 1. The minimum Gasteiger partial charge on any atom is -0.462 e. The van der Waals surface area contributed by atoms with Crippen LogP contribution in [0.3, 0.4) is 0 Å². The predicted molar refractivity (Wildman–Crippen MR) is 101 cm³/mol. The summed E-state index contributed by atoms with van der Waals surface area (Å²) < 4.78 is 5.23. The van der Waals surface area contributed by atoms with Crippen LogP contribution in [0.2, 0.25) is 5.02 Å². The summed E-state index contributed by atoms with van der Waals surface area (Å²) in [6.45, 7) is 2.27. The van der Waals surface area contributed by atoms with E-state index in [0.29, 0.717) is 22.8 Å². The normalized spacial score (nSPS) is 13.2. The Morgan fingerprint density at radius 2 is 1.92 bits per heavy atom. The van der Waals surface area contributed by atoms with Gasteiger partial charge in [-0.3, -0.25) is 4.79 Å². The number of hydrogen-bond acceptors (Lipinski definition) is 5. The van der Waals surface area contributed by atoms with Crippen molar-refractivity contribution in [2.45, 2.75) is 32.6 Å². The zero-order valence-corrected chi connectivity index (χ0v) is 15.6. The maximum Gasteiger partial charge on any atom is 0.341 e. The first kappa shape index (κ1) is 18.0. The SMILES string of the molecule is CCOC(=O)c1c(NCC(=O)c2ccc(Cl)cc2)sc2c1CCCC2. The number of Topliss-reactive ketones (excluding diaryl/α,β-unsaturated/α-hetero) is 1. The lowest BCUT2D eigenvalue weighted by Gasteiger charge is -2.12. The van der Waals surface area contributed by atoms with Crippen LogP contribution in [0.4, 0.5) is 5.00 Å². The van der Waals surface area contributed by atoms with E-state index in [1.807, 2.05) is 0 Å². The van der Waals surface area contributed by atoms with E-state index < -0.39 is 0 Å². The number of carbonyl (C=O) groups excluding carboxylic acids is 2. The van der Waals surface area contributed by atoms with Gasteiger partial charge in [0.2, 0.25) is 0 Å². The highest BCUT2D eigenvalue weighted by atomic mass is 35.5. The van der Waals surface area contributed by atoms with E-state index in [0.717, 1.165) is 36.2 Å². The van der Waals surface area contributed by atoms with Crippen LogP contribution in [0.5, 0.6) is 0 Å². The number of fused-ring (bicyclic) bond motifs is 1. The molecule has 0 saturated carbocycles. The Morgan fingerprint density at radius 3 is 2.64 bits per heavy atom. The quantitative estimate of drug-likeness (QED) is 0.583. The molecule has 1 aliphatic carbocycles. The second-order valence-corrected chi connectivity index (χ2v) is 7.46. The van der Waals surface area contributed by atoms with Crippen molar-refractivity contribution in [2.24, 2.45) is 0 Å². The van der Waals surface area contributed by atoms with E-state index in [4.69, 9.17) is 16.3 Å². The van der Waals surface area contributed by atoms with Crippen LogP contribution in [-0.2, 0) is 17.6 Å². The molecule has 1 aromatic carbocycles. The van der Waals surface area contributed by atoms with E-state index >= 15 is 0 Å². The van der Waals surface area contributed by atoms with Crippen molar-refractivity contribution in [2.75, 3.05) is 18.5 Å². The van der Waals surface area contributed by atoms with Crippen molar-refractivity contribution in [3.8, 4) is 0 Å². The summed E-state index contributed by atoms with van der Waals surface area (Å²) in [6, 6.07) is 6.81. The average Bonchev–Trinajstić information content (AvgIpc) is 2.99. The number of esters is 1. The molecule has 6 heteroatoms. The van der Waals surface area contributed by atoms with Crippen molar-refractivity contribution in [1.82, 2.24) is 0 Å². The number of anilines is 1. The highest BCUT2D eigenvalue weighted by Gasteiger charge is 2.26. The molecule has 1 N–H and O–H groups in total. The van der Waals surface area contributed by atoms with Gasteiger partial charge in [0.25, 0.3) is 0 Å². The molecular formula is C19H20ClNO3S. The van der Waals surface area contributed by atoms with E-state index in [9.17, 15) is 9.59 Å². The van der Waals surface area contributed by atoms with Gasteiger partial charge in [-0.15, -0.1) is 11.3 Å². The van der Waals surface area contributed by atoms with Gasteiger partial charge in [0.15, 0.2) is 5.78 Å². The molecule has 0 aliphatic heterocycles. The van der Waals surface area contributed by atoms with Gasteiger partial charge >= 0.3 is 5.97 Å². The molecule has 0 fully saturated rings. The smallest absolute Gasteiger partial charge is 0.341 e. The maximum absolute atomic E-state index is 12.4. The van der Waals surface area contributed by atoms with Crippen LogP contribution < -0.4 is 5.32 Å². The number of ketones is 1. The lowest BCUT2D eigenvalue weighted by atomic mass is 9.95. The first-order valence-electron chi connectivity index (χ1n) is 8.44. The number of thiophene rings is 1. The fourth-order valence-electron chi connectivity index (χ4n) is 3.01. The molecule has 0 unspecified atom stereocenters. The molecule has 1 heterocycles. The zero-order chi connectivity index (χ0) is 17.8. The minimum atomic E-state index is -0.302. The molecule has 0 radical (unpaired) electrons. The fourth-order valence-corrected chi connectivity index (χ4v) is 4.41. The summed E-state index contributed by atoms with van der Waals surface area (Å²) >= 11 is 7.43. The monoisotopic (exact) mass is 377 g/mol. The molecular weight excluding hydrogens is 358 g/mol. The van der Waals surface area contributed by atoms with Gasteiger partial charge in [0.05, 0.1) is 18.7 Å². The topological polar surface area (TPSA) is 55.4 Å². The molecule has 0 atom stereocenters. The number of halogens is 1. The highest BCUT2D eigenvalue weighted by Crippen LogP contribution is 2.38. The molecule has 132 valence electrons. The first-order valence-corrected chi connectivity index (χ1v) is 9.64. The summed E-state index contributed by atoms with van der Waals surface area (Å²) in [4.78, 5) is 26.0. The summed E-state index contributed by atoms with van der Waals surface area (Å²) in [5.41, 5.74) is 2.30. The summed E-state index contributed by atoms with van der Waals surface area (Å²) in [7, 11) is 0. The number of rotatable bonds is 6. The highest BCUT2D eigenvalue weighted by molar-refractivity contribution is 7.16. The van der Waals surface area contributed by atoms with Crippen LogP contribution in [-0.4, -0.2) is 24.9 Å². The van der Waals surface area contributed by atoms with Crippen molar-refractivity contribution in [3.63, 3.8) is 0 Å². The standard InChI is InChI=1S/C19H20ClNO3S/c1-2-24-19(23)17-14-5-3-4-6-16(14)25-18(17)21-11-15(22)12-7-9-13(20)10-8-12/h7-10,21H,2-6,11H2,1H3. The summed E-state index contributed by atoms with van der Waals surface area (Å²) in [5, 5.41) is 4.50. The van der Waals surface area contributed by atoms with Gasteiger partial charge in [-0.25, -0.2) is 4.79 Å². The Balaban J connectivity index is 1.79. The molecule has 25 heavy (non-hydrogen) atoms. The molecule has 0 bridgehead atoms. The van der Waals surface area contributed by atoms with Crippen LogP contribution >= 0.6 is 22.9 Å². The number of ether oxygens (including phenoxy) is 1. The number of hydrogen-bond donors (Lipinski definition) is 1. The zero-order valence-electron chi connectivity index (χ0n) is 14.1. The number of aryl methyl sites for hydroxylation is 1. The maximum atomic E-state index is 12.4. The number of benzene rings is 1. The molecule has 2 aromatic rings. The van der Waals surface area contributed by atoms with E-state index in [-0.39, 0.29) is 18.3 Å². The van der Waals surface area contributed by atoms with Crippen molar-refractivity contribution in [1.29, 1.82) is 0 Å². The van der Waals surface area contributed by atoms with Crippen molar-refractivity contribution >= 4 is 39.7 Å². The third-order valence-electron chi connectivity index (χ3n) is 4.23. The largest absolute Gasteiger partial charge is 0.462 e. The van der Waals surface area contributed by atoms with Crippen LogP contribution in [0.25, 0.3) is 0 Å². The Labute approximate surface area is 156 Å². The lowest BCUT2D eigenvalue weighted by Crippen LogP contribution is -2.16. The van der Waals surface area contributed by atoms with Gasteiger partial charge in [-0.1, -0.05) is 11.6 Å². The van der Waals surface area contributed by atoms with Crippen molar-refractivity contribution in [3.05, 3.63) is 50.9 Å². The Morgan fingerprint density at radius 1 is 1.20 bits per heavy atom. The Hall–Kier alpha value is -1.85. The predicted octanol–water partition coefficient (Wildman–Crippen LogP) is 4.75. The van der Waals surface area contributed by atoms with Crippen LogP contribution in [0, 0.1) is 0 Å². The second-order valence-electron chi connectivity index (χ2n) is 5.92. The van der Waals surface area contributed by atoms with Gasteiger partial charge in [-0.05, 0) is 62.4 Å². The van der Waals surface area contributed by atoms with E-state index in [1.54, 1.807) is 42.5 Å². The van der Waals surface area contributed by atoms with E-state index in [1.165, 1.54) is 4.88 Å². The molecule has 4 nitrogen and oxygen atoms in total. The summed E-state index contributed by atoms with van der Waals surface area (Å²) in [5.74, 6) is -0.346. The molecule has 1 aromatic heterocycles.